The highest BCUT2D eigenvalue weighted by Crippen LogP contribution is 2.36. The van der Waals surface area contributed by atoms with Crippen LogP contribution in [-0.2, 0) is 4.79 Å². The van der Waals surface area contributed by atoms with Gasteiger partial charge in [-0.2, -0.15) is 0 Å². The fraction of sp³-hybridized carbons (Fsp3) is 0.706. The van der Waals surface area contributed by atoms with Gasteiger partial charge in [-0.05, 0) is 25.7 Å². The molecule has 0 N–H and O–H groups in total. The van der Waals surface area contributed by atoms with Gasteiger partial charge in [0.25, 0.3) is 0 Å². The highest BCUT2D eigenvalue weighted by Gasteiger charge is 2.37. The van der Waals surface area contributed by atoms with E-state index in [2.05, 4.69) is 14.9 Å². The maximum Gasteiger partial charge on any atom is 0.225 e. The topological polar surface area (TPSA) is 58.6 Å². The Bertz CT molecular complexity index is 551. The third-order valence-corrected chi connectivity index (χ3v) is 4.70. The van der Waals surface area contributed by atoms with Crippen molar-refractivity contribution in [3.63, 3.8) is 0 Å². The summed E-state index contributed by atoms with van der Waals surface area (Å²) >= 11 is 0. The Balaban J connectivity index is 1.70. The number of anilines is 1. The van der Waals surface area contributed by atoms with Crippen LogP contribution in [0.3, 0.4) is 0 Å². The third kappa shape index (κ3) is 3.57. The highest BCUT2D eigenvalue weighted by atomic mass is 16.5. The van der Waals surface area contributed by atoms with Crippen molar-refractivity contribution in [2.75, 3.05) is 25.1 Å². The predicted molar refractivity (Wildman–Crippen MR) is 88.5 cm³/mol. The summed E-state index contributed by atoms with van der Waals surface area (Å²) in [4.78, 5) is 25.2. The summed E-state index contributed by atoms with van der Waals surface area (Å²) in [6.45, 7) is 5.62. The summed E-state index contributed by atoms with van der Waals surface area (Å²) in [7, 11) is 1.63. The Hall–Kier alpha value is -1.85. The molecule has 1 aliphatic carbocycles. The number of piperidine rings is 1. The van der Waals surface area contributed by atoms with E-state index in [4.69, 9.17) is 4.74 Å². The lowest BCUT2D eigenvalue weighted by Gasteiger charge is -2.40. The molecule has 1 amide bonds. The number of ether oxygens (including phenoxy) is 1. The molecule has 1 aliphatic heterocycles. The molecule has 1 aromatic rings. The summed E-state index contributed by atoms with van der Waals surface area (Å²) in [6.07, 6.45) is 6.01. The number of amides is 1. The number of nitrogens with zero attached hydrogens (tertiary/aromatic N) is 4. The molecule has 2 heterocycles. The van der Waals surface area contributed by atoms with E-state index < -0.39 is 0 Å². The second-order valence-corrected chi connectivity index (χ2v) is 6.77. The first kappa shape index (κ1) is 16.0. The zero-order valence-electron chi connectivity index (χ0n) is 14.2. The number of likely N-dealkylation sites (tertiary alicyclic amines) is 1. The predicted octanol–water partition coefficient (Wildman–Crippen LogP) is 2.10. The lowest BCUT2D eigenvalue weighted by Crippen LogP contribution is -2.48. The second-order valence-electron chi connectivity index (χ2n) is 6.77. The van der Waals surface area contributed by atoms with Crippen molar-refractivity contribution in [3.8, 4) is 5.88 Å². The molecule has 23 heavy (non-hydrogen) atoms. The van der Waals surface area contributed by atoms with Gasteiger partial charge in [0, 0.05) is 37.2 Å². The molecule has 6 heteroatoms. The van der Waals surface area contributed by atoms with Gasteiger partial charge in [0.1, 0.15) is 12.1 Å². The maximum atomic E-state index is 12.1. The molecule has 0 bridgehead atoms. The molecule has 0 unspecified atom stereocenters. The van der Waals surface area contributed by atoms with E-state index in [1.165, 1.54) is 12.8 Å². The summed E-state index contributed by atoms with van der Waals surface area (Å²) in [5.74, 6) is 1.91. The van der Waals surface area contributed by atoms with Crippen LogP contribution in [0, 0.1) is 5.92 Å². The van der Waals surface area contributed by atoms with Gasteiger partial charge < -0.3 is 14.5 Å². The Labute approximate surface area is 137 Å². The molecule has 2 fully saturated rings. The molecule has 3 rings (SSSR count). The Morgan fingerprint density at radius 1 is 1.22 bits per heavy atom. The van der Waals surface area contributed by atoms with Crippen molar-refractivity contribution in [1.29, 1.82) is 0 Å². The van der Waals surface area contributed by atoms with Crippen LogP contribution in [0.2, 0.25) is 0 Å². The minimum Gasteiger partial charge on any atom is -0.481 e. The van der Waals surface area contributed by atoms with Crippen LogP contribution in [0.25, 0.3) is 0 Å². The summed E-state index contributed by atoms with van der Waals surface area (Å²) in [6, 6.07) is 2.94. The number of methoxy groups -OCH3 is 1. The molecular formula is C17H26N4O2. The Morgan fingerprint density at radius 3 is 2.43 bits per heavy atom. The van der Waals surface area contributed by atoms with Gasteiger partial charge in [0.2, 0.25) is 11.8 Å². The minimum absolute atomic E-state index is 0.0808. The summed E-state index contributed by atoms with van der Waals surface area (Å²) in [5, 5.41) is 0. The van der Waals surface area contributed by atoms with Crippen molar-refractivity contribution in [1.82, 2.24) is 14.9 Å². The number of rotatable bonds is 5. The van der Waals surface area contributed by atoms with Crippen LogP contribution in [0.4, 0.5) is 5.82 Å². The third-order valence-electron chi connectivity index (χ3n) is 4.70. The number of hydrogen-bond donors (Lipinski definition) is 0. The molecule has 2 aliphatic rings. The van der Waals surface area contributed by atoms with Gasteiger partial charge >= 0.3 is 0 Å². The SMILES string of the molecule is COc1cc(N(C2CC2)C2CCN(C(=O)C(C)C)CC2)ncn1. The van der Waals surface area contributed by atoms with E-state index in [1.54, 1.807) is 13.4 Å². The van der Waals surface area contributed by atoms with Crippen molar-refractivity contribution in [3.05, 3.63) is 12.4 Å². The molecule has 1 saturated carbocycles. The molecule has 6 nitrogen and oxygen atoms in total. The number of hydrogen-bond acceptors (Lipinski definition) is 5. The van der Waals surface area contributed by atoms with E-state index in [0.29, 0.717) is 18.0 Å². The van der Waals surface area contributed by atoms with Crippen molar-refractivity contribution in [2.45, 2.75) is 51.6 Å². The monoisotopic (exact) mass is 318 g/mol. The van der Waals surface area contributed by atoms with Crippen LogP contribution in [0.15, 0.2) is 12.4 Å². The second kappa shape index (κ2) is 6.72. The van der Waals surface area contributed by atoms with Crippen molar-refractivity contribution in [2.24, 2.45) is 5.92 Å². The van der Waals surface area contributed by atoms with Gasteiger partial charge in [-0.3, -0.25) is 4.79 Å². The summed E-state index contributed by atoms with van der Waals surface area (Å²) in [5.41, 5.74) is 0. The van der Waals surface area contributed by atoms with Gasteiger partial charge in [-0.15, -0.1) is 0 Å². The number of carbonyl (C=O) groups is 1. The van der Waals surface area contributed by atoms with E-state index in [0.717, 1.165) is 31.7 Å². The average molecular weight is 318 g/mol. The smallest absolute Gasteiger partial charge is 0.225 e. The van der Waals surface area contributed by atoms with Gasteiger partial charge in [-0.1, -0.05) is 13.8 Å². The minimum atomic E-state index is 0.0808. The van der Waals surface area contributed by atoms with E-state index >= 15 is 0 Å². The largest absolute Gasteiger partial charge is 0.481 e. The molecular weight excluding hydrogens is 292 g/mol. The first-order valence-electron chi connectivity index (χ1n) is 8.53. The standard InChI is InChI=1S/C17H26N4O2/c1-12(2)17(22)20-8-6-14(7-9-20)21(13-4-5-13)15-10-16(23-3)19-11-18-15/h10-14H,4-9H2,1-3H3. The molecule has 126 valence electrons. The van der Waals surface area contributed by atoms with Crippen LogP contribution in [-0.4, -0.2) is 53.1 Å². The lowest BCUT2D eigenvalue weighted by molar-refractivity contribution is -0.135. The van der Waals surface area contributed by atoms with Crippen LogP contribution >= 0.6 is 0 Å². The van der Waals surface area contributed by atoms with Crippen LogP contribution < -0.4 is 9.64 Å². The quantitative estimate of drug-likeness (QED) is 0.832. The fourth-order valence-corrected chi connectivity index (χ4v) is 3.34. The fourth-order valence-electron chi connectivity index (χ4n) is 3.34. The summed E-state index contributed by atoms with van der Waals surface area (Å²) < 4.78 is 5.24. The van der Waals surface area contributed by atoms with Crippen molar-refractivity contribution < 1.29 is 9.53 Å². The first-order chi connectivity index (χ1) is 11.1. The van der Waals surface area contributed by atoms with Gasteiger partial charge in [-0.25, -0.2) is 9.97 Å². The molecule has 0 spiro atoms. The average Bonchev–Trinajstić information content (AvgIpc) is 3.40. The molecule has 0 aromatic carbocycles. The normalized spacial score (nSPS) is 19.0. The first-order valence-corrected chi connectivity index (χ1v) is 8.53. The molecule has 1 aromatic heterocycles. The van der Waals surface area contributed by atoms with Crippen molar-refractivity contribution >= 4 is 11.7 Å². The van der Waals surface area contributed by atoms with E-state index in [9.17, 15) is 4.79 Å². The Morgan fingerprint density at radius 2 is 1.87 bits per heavy atom. The van der Waals surface area contributed by atoms with Gasteiger partial charge in [0.05, 0.1) is 7.11 Å². The highest BCUT2D eigenvalue weighted by molar-refractivity contribution is 5.78. The van der Waals surface area contributed by atoms with Crippen LogP contribution in [0.5, 0.6) is 5.88 Å². The maximum absolute atomic E-state index is 12.1. The molecule has 1 saturated heterocycles. The molecule has 0 radical (unpaired) electrons. The zero-order chi connectivity index (χ0) is 16.4. The van der Waals surface area contributed by atoms with E-state index in [-0.39, 0.29) is 11.8 Å². The number of aromatic nitrogens is 2. The zero-order valence-corrected chi connectivity index (χ0v) is 14.2. The van der Waals surface area contributed by atoms with Gasteiger partial charge in [0.15, 0.2) is 0 Å². The lowest BCUT2D eigenvalue weighted by atomic mass is 10.0. The number of carbonyl (C=O) groups excluding carboxylic acids is 1. The Kier molecular flexibility index (Phi) is 4.68. The van der Waals surface area contributed by atoms with E-state index in [1.807, 2.05) is 24.8 Å². The van der Waals surface area contributed by atoms with Crippen LogP contribution in [0.1, 0.15) is 39.5 Å². The molecule has 0 atom stereocenters.